The van der Waals surface area contributed by atoms with Gasteiger partial charge in [-0.05, 0) is 25.5 Å². The molecular formula is C13H21N3OS. The maximum Gasteiger partial charge on any atom is 0.230 e. The van der Waals surface area contributed by atoms with Gasteiger partial charge in [0.25, 0.3) is 0 Å². The molecule has 1 aromatic rings. The highest BCUT2D eigenvalue weighted by molar-refractivity contribution is 8.00. The number of pyridine rings is 1. The van der Waals surface area contributed by atoms with Gasteiger partial charge in [0.05, 0.1) is 16.7 Å². The number of thioether (sulfide) groups is 1. The lowest BCUT2D eigenvalue weighted by Gasteiger charge is -2.21. The Balaban J connectivity index is 2.65. The summed E-state index contributed by atoms with van der Waals surface area (Å²) in [5.41, 5.74) is 7.06. The van der Waals surface area contributed by atoms with Crippen molar-refractivity contribution in [3.63, 3.8) is 0 Å². The Labute approximate surface area is 113 Å². The van der Waals surface area contributed by atoms with Crippen LogP contribution in [0, 0.1) is 0 Å². The van der Waals surface area contributed by atoms with Crippen molar-refractivity contribution in [3.8, 4) is 0 Å². The zero-order valence-corrected chi connectivity index (χ0v) is 11.7. The van der Waals surface area contributed by atoms with E-state index in [1.165, 1.54) is 0 Å². The van der Waals surface area contributed by atoms with E-state index in [9.17, 15) is 4.79 Å². The van der Waals surface area contributed by atoms with Crippen LogP contribution in [0.25, 0.3) is 0 Å². The lowest BCUT2D eigenvalue weighted by molar-refractivity contribution is -0.118. The zero-order valence-electron chi connectivity index (χ0n) is 10.9. The normalized spacial score (nSPS) is 13.9. The average Bonchev–Trinajstić information content (AvgIpc) is 2.40. The summed E-state index contributed by atoms with van der Waals surface area (Å²) in [6.07, 6.45) is 2.63. The highest BCUT2D eigenvalue weighted by Gasteiger charge is 2.21. The molecule has 4 nitrogen and oxygen atoms in total. The van der Waals surface area contributed by atoms with Gasteiger partial charge in [-0.15, -0.1) is 11.8 Å². The molecule has 0 bridgehead atoms. The van der Waals surface area contributed by atoms with E-state index < -0.39 is 0 Å². The topological polar surface area (TPSA) is 68.0 Å². The Morgan fingerprint density at radius 1 is 1.50 bits per heavy atom. The van der Waals surface area contributed by atoms with Gasteiger partial charge in [-0.2, -0.15) is 0 Å². The number of aromatic nitrogens is 1. The highest BCUT2D eigenvalue weighted by Crippen LogP contribution is 2.30. The summed E-state index contributed by atoms with van der Waals surface area (Å²) in [4.78, 5) is 15.8. The Morgan fingerprint density at radius 2 is 2.28 bits per heavy atom. The molecule has 18 heavy (non-hydrogen) atoms. The number of amides is 1. The molecule has 1 rings (SSSR count). The molecular weight excluding hydrogens is 246 g/mol. The first kappa shape index (κ1) is 15.0. The minimum absolute atomic E-state index is 0.0133. The molecule has 3 N–H and O–H groups in total. The van der Waals surface area contributed by atoms with Crippen LogP contribution in [0.5, 0.6) is 0 Å². The molecule has 0 fully saturated rings. The van der Waals surface area contributed by atoms with Gasteiger partial charge in [-0.1, -0.05) is 13.0 Å². The van der Waals surface area contributed by atoms with Gasteiger partial charge in [0, 0.05) is 18.8 Å². The van der Waals surface area contributed by atoms with Crippen molar-refractivity contribution in [2.24, 2.45) is 5.73 Å². The minimum Gasteiger partial charge on any atom is -0.356 e. The van der Waals surface area contributed by atoms with E-state index in [0.717, 1.165) is 12.1 Å². The molecule has 1 aromatic heterocycles. The molecule has 0 aliphatic rings. The first-order chi connectivity index (χ1) is 8.69. The maximum atomic E-state index is 11.5. The number of rotatable bonds is 7. The van der Waals surface area contributed by atoms with Crippen LogP contribution in [0.4, 0.5) is 0 Å². The van der Waals surface area contributed by atoms with Crippen LogP contribution < -0.4 is 11.1 Å². The Kier molecular flexibility index (Phi) is 6.75. The van der Waals surface area contributed by atoms with Crippen molar-refractivity contribution in [1.82, 2.24) is 10.3 Å². The Bertz CT molecular complexity index is 359. The predicted octanol–water partition coefficient (Wildman–Crippen LogP) is 1.73. The van der Waals surface area contributed by atoms with Crippen molar-refractivity contribution >= 4 is 17.7 Å². The lowest BCUT2D eigenvalue weighted by Crippen LogP contribution is -2.29. The fraction of sp³-hybridized carbons (Fsp3) is 0.538. The highest BCUT2D eigenvalue weighted by atomic mass is 32.2. The number of carbonyl (C=O) groups is 1. The van der Waals surface area contributed by atoms with Crippen LogP contribution in [0.1, 0.15) is 31.2 Å². The molecule has 0 saturated heterocycles. The minimum atomic E-state index is 0.0133. The van der Waals surface area contributed by atoms with E-state index >= 15 is 0 Å². The first-order valence-corrected chi connectivity index (χ1v) is 7.28. The van der Waals surface area contributed by atoms with Crippen LogP contribution >= 0.6 is 11.8 Å². The molecule has 2 atom stereocenters. The van der Waals surface area contributed by atoms with Crippen LogP contribution in [0.15, 0.2) is 24.4 Å². The van der Waals surface area contributed by atoms with E-state index in [0.29, 0.717) is 12.3 Å². The average molecular weight is 267 g/mol. The summed E-state index contributed by atoms with van der Waals surface area (Å²) in [6.45, 7) is 4.62. The van der Waals surface area contributed by atoms with E-state index in [4.69, 9.17) is 5.73 Å². The van der Waals surface area contributed by atoms with Crippen LogP contribution in [0.3, 0.4) is 0 Å². The summed E-state index contributed by atoms with van der Waals surface area (Å²) in [6, 6.07) is 5.81. The third-order valence-electron chi connectivity index (χ3n) is 2.61. The SMILES string of the molecule is CCNC(=O)CSC(c1ccccn1)C(N)CC. The Morgan fingerprint density at radius 3 is 2.83 bits per heavy atom. The summed E-state index contributed by atoms with van der Waals surface area (Å²) >= 11 is 1.56. The van der Waals surface area contributed by atoms with Crippen LogP contribution in [-0.2, 0) is 4.79 Å². The predicted molar refractivity (Wildman–Crippen MR) is 76.4 cm³/mol. The maximum absolute atomic E-state index is 11.5. The van der Waals surface area contributed by atoms with Crippen molar-refractivity contribution in [1.29, 1.82) is 0 Å². The monoisotopic (exact) mass is 267 g/mol. The third-order valence-corrected chi connectivity index (χ3v) is 3.99. The molecule has 0 saturated carbocycles. The van der Waals surface area contributed by atoms with Gasteiger partial charge in [0.1, 0.15) is 0 Å². The van der Waals surface area contributed by atoms with Crippen molar-refractivity contribution in [3.05, 3.63) is 30.1 Å². The second kappa shape index (κ2) is 8.11. The molecule has 5 heteroatoms. The van der Waals surface area contributed by atoms with Crippen molar-refractivity contribution in [2.45, 2.75) is 31.6 Å². The van der Waals surface area contributed by atoms with E-state index in [-0.39, 0.29) is 17.2 Å². The fourth-order valence-corrected chi connectivity index (χ4v) is 2.78. The standard InChI is InChI=1S/C13H21N3OS/c1-3-10(14)13(11-7-5-6-8-16-11)18-9-12(17)15-4-2/h5-8,10,13H,3-4,9,14H2,1-2H3,(H,15,17). The molecule has 1 heterocycles. The van der Waals surface area contributed by atoms with Gasteiger partial charge in [0.2, 0.25) is 5.91 Å². The van der Waals surface area contributed by atoms with Gasteiger partial charge in [-0.25, -0.2) is 0 Å². The molecule has 0 radical (unpaired) electrons. The number of hydrogen-bond acceptors (Lipinski definition) is 4. The molecule has 0 aromatic carbocycles. The van der Waals surface area contributed by atoms with Crippen LogP contribution in [-0.4, -0.2) is 29.2 Å². The summed E-state index contributed by atoms with van der Waals surface area (Å²) < 4.78 is 0. The van der Waals surface area contributed by atoms with Crippen molar-refractivity contribution in [2.75, 3.05) is 12.3 Å². The summed E-state index contributed by atoms with van der Waals surface area (Å²) in [7, 11) is 0. The number of nitrogens with two attached hydrogens (primary N) is 1. The van der Waals surface area contributed by atoms with E-state index in [2.05, 4.69) is 10.3 Å². The number of nitrogens with zero attached hydrogens (tertiary/aromatic N) is 1. The third kappa shape index (κ3) is 4.66. The Hall–Kier alpha value is -1.07. The number of hydrogen-bond donors (Lipinski definition) is 2. The van der Waals surface area contributed by atoms with Gasteiger partial charge in [0.15, 0.2) is 0 Å². The largest absolute Gasteiger partial charge is 0.356 e. The molecule has 100 valence electrons. The second-order valence-corrected chi connectivity index (χ2v) is 5.14. The summed E-state index contributed by atoms with van der Waals surface area (Å²) in [5.74, 6) is 0.467. The number of carbonyl (C=O) groups excluding carboxylic acids is 1. The van der Waals surface area contributed by atoms with Gasteiger partial charge < -0.3 is 11.1 Å². The number of nitrogens with one attached hydrogen (secondary N) is 1. The smallest absolute Gasteiger partial charge is 0.230 e. The van der Waals surface area contributed by atoms with E-state index in [1.807, 2.05) is 32.0 Å². The van der Waals surface area contributed by atoms with Crippen molar-refractivity contribution < 1.29 is 4.79 Å². The second-order valence-electron chi connectivity index (χ2n) is 4.01. The zero-order chi connectivity index (χ0) is 13.4. The van der Waals surface area contributed by atoms with Crippen LogP contribution in [0.2, 0.25) is 0 Å². The quantitative estimate of drug-likeness (QED) is 0.789. The fourth-order valence-electron chi connectivity index (χ4n) is 1.60. The molecule has 0 spiro atoms. The molecule has 2 unspecified atom stereocenters. The first-order valence-electron chi connectivity index (χ1n) is 6.23. The van der Waals surface area contributed by atoms with Gasteiger partial charge >= 0.3 is 0 Å². The molecule has 0 aliphatic carbocycles. The van der Waals surface area contributed by atoms with Gasteiger partial charge in [-0.3, -0.25) is 9.78 Å². The van der Waals surface area contributed by atoms with E-state index in [1.54, 1.807) is 18.0 Å². The summed E-state index contributed by atoms with van der Waals surface area (Å²) in [5, 5.41) is 2.86. The molecule has 0 aliphatic heterocycles. The molecule has 1 amide bonds. The lowest BCUT2D eigenvalue weighted by atomic mass is 10.1.